The van der Waals surface area contributed by atoms with Gasteiger partial charge >= 0.3 is 5.97 Å². The summed E-state index contributed by atoms with van der Waals surface area (Å²) in [6, 6.07) is 21.6. The number of hydrogen-bond donors (Lipinski definition) is 0. The van der Waals surface area contributed by atoms with Crippen molar-refractivity contribution in [2.45, 2.75) is 6.42 Å². The lowest BCUT2D eigenvalue weighted by Gasteiger charge is -2.19. The van der Waals surface area contributed by atoms with Crippen LogP contribution >= 0.6 is 0 Å². The minimum Gasteiger partial charge on any atom is -0.497 e. The third-order valence-corrected chi connectivity index (χ3v) is 4.40. The summed E-state index contributed by atoms with van der Waals surface area (Å²) in [5, 5.41) is 4.06. The van der Waals surface area contributed by atoms with Gasteiger partial charge in [-0.1, -0.05) is 23.4 Å². The predicted molar refractivity (Wildman–Crippen MR) is 108 cm³/mol. The third-order valence-electron chi connectivity index (χ3n) is 4.40. The van der Waals surface area contributed by atoms with E-state index in [-0.39, 0.29) is 0 Å². The van der Waals surface area contributed by atoms with Crippen molar-refractivity contribution in [3.63, 3.8) is 0 Å². The largest absolute Gasteiger partial charge is 0.497 e. The standard InChI is InChI=1S/C23H19NO5/c1-26-19-11-12-20-21(13-14-27-22(20)15-19)24-29-23(25)16-7-9-18(10-8-16)28-17-5-3-2-4-6-17/h2-12,15H,13-14H2,1H3/b24-21-. The fraction of sp³-hybridized carbons (Fsp3) is 0.130. The van der Waals surface area contributed by atoms with Crippen molar-refractivity contribution in [2.75, 3.05) is 13.7 Å². The second kappa shape index (κ2) is 8.48. The molecule has 0 saturated heterocycles. The molecule has 3 aromatic rings. The first-order valence-electron chi connectivity index (χ1n) is 9.15. The van der Waals surface area contributed by atoms with Crippen molar-refractivity contribution in [3.8, 4) is 23.0 Å². The zero-order valence-corrected chi connectivity index (χ0v) is 15.8. The van der Waals surface area contributed by atoms with E-state index in [0.29, 0.717) is 41.6 Å². The van der Waals surface area contributed by atoms with Gasteiger partial charge in [-0.3, -0.25) is 0 Å². The molecular formula is C23H19NO5. The van der Waals surface area contributed by atoms with Crippen molar-refractivity contribution in [1.82, 2.24) is 0 Å². The number of methoxy groups -OCH3 is 1. The topological polar surface area (TPSA) is 66.3 Å². The zero-order valence-electron chi connectivity index (χ0n) is 15.8. The highest BCUT2D eigenvalue weighted by atomic mass is 16.7. The molecule has 1 aliphatic rings. The van der Waals surface area contributed by atoms with E-state index >= 15 is 0 Å². The quantitative estimate of drug-likeness (QED) is 0.462. The lowest BCUT2D eigenvalue weighted by Crippen LogP contribution is -2.17. The van der Waals surface area contributed by atoms with Crippen molar-refractivity contribution in [1.29, 1.82) is 0 Å². The molecule has 0 unspecified atom stereocenters. The fourth-order valence-corrected chi connectivity index (χ4v) is 2.91. The Hall–Kier alpha value is -3.80. The van der Waals surface area contributed by atoms with Crippen LogP contribution in [0.5, 0.6) is 23.0 Å². The molecule has 0 N–H and O–H groups in total. The summed E-state index contributed by atoms with van der Waals surface area (Å²) < 4.78 is 16.6. The van der Waals surface area contributed by atoms with Crippen molar-refractivity contribution in [3.05, 3.63) is 83.9 Å². The Morgan fingerprint density at radius 3 is 2.41 bits per heavy atom. The molecule has 0 spiro atoms. The van der Waals surface area contributed by atoms with Crippen LogP contribution in [-0.2, 0) is 4.84 Å². The van der Waals surface area contributed by atoms with Crippen LogP contribution in [0.15, 0.2) is 78.0 Å². The predicted octanol–water partition coefficient (Wildman–Crippen LogP) is 4.83. The summed E-state index contributed by atoms with van der Waals surface area (Å²) in [4.78, 5) is 17.5. The van der Waals surface area contributed by atoms with Crippen molar-refractivity contribution in [2.24, 2.45) is 5.16 Å². The number of rotatable bonds is 5. The summed E-state index contributed by atoms with van der Waals surface area (Å²) in [5.41, 5.74) is 1.83. The molecule has 6 heteroatoms. The van der Waals surface area contributed by atoms with E-state index in [1.54, 1.807) is 37.4 Å². The average molecular weight is 389 g/mol. The lowest BCUT2D eigenvalue weighted by molar-refractivity contribution is 0.0514. The number of nitrogens with zero attached hydrogens (tertiary/aromatic N) is 1. The summed E-state index contributed by atoms with van der Waals surface area (Å²) >= 11 is 0. The maximum absolute atomic E-state index is 12.3. The van der Waals surface area contributed by atoms with Gasteiger partial charge in [-0.2, -0.15) is 0 Å². The summed E-state index contributed by atoms with van der Waals surface area (Å²) in [6.07, 6.45) is 0.552. The highest BCUT2D eigenvalue weighted by Gasteiger charge is 2.19. The number of para-hydroxylation sites is 1. The van der Waals surface area contributed by atoms with Crippen LogP contribution in [0.2, 0.25) is 0 Å². The molecule has 0 amide bonds. The third kappa shape index (κ3) is 4.38. The van der Waals surface area contributed by atoms with E-state index in [4.69, 9.17) is 19.0 Å². The van der Waals surface area contributed by atoms with Gasteiger partial charge in [-0.15, -0.1) is 0 Å². The van der Waals surface area contributed by atoms with Gasteiger partial charge < -0.3 is 19.0 Å². The van der Waals surface area contributed by atoms with E-state index in [1.165, 1.54) is 0 Å². The van der Waals surface area contributed by atoms with Gasteiger partial charge in [-0.25, -0.2) is 4.79 Å². The number of oxime groups is 1. The Kier molecular flexibility index (Phi) is 5.42. The average Bonchev–Trinajstić information content (AvgIpc) is 2.78. The van der Waals surface area contributed by atoms with E-state index < -0.39 is 5.97 Å². The second-order valence-corrected chi connectivity index (χ2v) is 6.32. The van der Waals surface area contributed by atoms with E-state index in [0.717, 1.165) is 11.3 Å². The number of benzene rings is 3. The molecule has 1 aliphatic heterocycles. The van der Waals surface area contributed by atoms with Gasteiger partial charge in [-0.05, 0) is 48.5 Å². The van der Waals surface area contributed by atoms with Gasteiger partial charge in [0.15, 0.2) is 0 Å². The first kappa shape index (κ1) is 18.6. The Balaban J connectivity index is 1.44. The van der Waals surface area contributed by atoms with Crippen LogP contribution in [0.1, 0.15) is 22.3 Å². The van der Waals surface area contributed by atoms with Crippen LogP contribution in [0.25, 0.3) is 0 Å². The molecule has 0 fully saturated rings. The number of carbonyl (C=O) groups excluding carboxylic acids is 1. The maximum atomic E-state index is 12.3. The first-order valence-corrected chi connectivity index (χ1v) is 9.15. The summed E-state index contributed by atoms with van der Waals surface area (Å²) in [5.74, 6) is 2.17. The monoisotopic (exact) mass is 389 g/mol. The number of fused-ring (bicyclic) bond motifs is 1. The smallest absolute Gasteiger partial charge is 0.365 e. The van der Waals surface area contributed by atoms with Crippen LogP contribution < -0.4 is 14.2 Å². The minimum absolute atomic E-state index is 0.386. The number of carbonyl (C=O) groups is 1. The van der Waals surface area contributed by atoms with E-state index in [1.807, 2.05) is 42.5 Å². The highest BCUT2D eigenvalue weighted by molar-refractivity contribution is 6.04. The molecule has 146 valence electrons. The highest BCUT2D eigenvalue weighted by Crippen LogP contribution is 2.29. The maximum Gasteiger partial charge on any atom is 0.365 e. The zero-order chi connectivity index (χ0) is 20.1. The molecule has 0 aliphatic carbocycles. The Morgan fingerprint density at radius 1 is 0.931 bits per heavy atom. The minimum atomic E-state index is -0.537. The molecule has 0 aromatic heterocycles. The van der Waals surface area contributed by atoms with Crippen molar-refractivity contribution >= 4 is 11.7 Å². The van der Waals surface area contributed by atoms with Crippen LogP contribution in [0, 0.1) is 0 Å². The van der Waals surface area contributed by atoms with Gasteiger partial charge in [0, 0.05) is 18.1 Å². The molecule has 0 radical (unpaired) electrons. The summed E-state index contributed by atoms with van der Waals surface area (Å²) in [7, 11) is 1.59. The molecule has 29 heavy (non-hydrogen) atoms. The Bertz CT molecular complexity index is 1030. The molecule has 0 atom stereocenters. The van der Waals surface area contributed by atoms with Crippen LogP contribution in [-0.4, -0.2) is 25.4 Å². The van der Waals surface area contributed by atoms with Crippen molar-refractivity contribution < 1.29 is 23.8 Å². The van der Waals surface area contributed by atoms with E-state index in [2.05, 4.69) is 5.16 Å². The molecule has 0 bridgehead atoms. The van der Waals surface area contributed by atoms with E-state index in [9.17, 15) is 4.79 Å². The Morgan fingerprint density at radius 2 is 1.66 bits per heavy atom. The molecular weight excluding hydrogens is 370 g/mol. The van der Waals surface area contributed by atoms with Gasteiger partial charge in [0.2, 0.25) is 0 Å². The molecule has 3 aromatic carbocycles. The fourth-order valence-electron chi connectivity index (χ4n) is 2.91. The van der Waals surface area contributed by atoms with Crippen LogP contribution in [0.4, 0.5) is 0 Å². The summed E-state index contributed by atoms with van der Waals surface area (Å²) in [6.45, 7) is 0.460. The van der Waals surface area contributed by atoms with Gasteiger partial charge in [0.1, 0.15) is 23.0 Å². The number of hydrogen-bond acceptors (Lipinski definition) is 6. The SMILES string of the molecule is COc1ccc2c(c1)OCC/C2=N/OC(=O)c1ccc(Oc2ccccc2)cc1. The number of ether oxygens (including phenoxy) is 3. The van der Waals surface area contributed by atoms with Gasteiger partial charge in [0.25, 0.3) is 0 Å². The molecule has 1 heterocycles. The molecule has 6 nitrogen and oxygen atoms in total. The lowest BCUT2D eigenvalue weighted by atomic mass is 10.0. The van der Waals surface area contributed by atoms with Gasteiger partial charge in [0.05, 0.1) is 25.0 Å². The first-order chi connectivity index (χ1) is 14.2. The second-order valence-electron chi connectivity index (χ2n) is 6.32. The van der Waals surface area contributed by atoms with Crippen LogP contribution in [0.3, 0.4) is 0 Å². The molecule has 0 saturated carbocycles. The Labute approximate surface area is 168 Å². The normalized spacial score (nSPS) is 13.9. The molecule has 4 rings (SSSR count).